The summed E-state index contributed by atoms with van der Waals surface area (Å²) in [5.74, 6) is -0.501. The minimum absolute atomic E-state index is 0. The molecule has 0 aliphatic rings. The van der Waals surface area contributed by atoms with Crippen molar-refractivity contribution in [3.05, 3.63) is 0 Å². The zero-order valence-electron chi connectivity index (χ0n) is 32.3. The first-order valence-corrected chi connectivity index (χ1v) is 20.6. The number of esters is 2. The number of nitrogens with one attached hydrogen (secondary N) is 1. The number of ether oxygens (including phenoxy) is 2. The third kappa shape index (κ3) is 34.8. The highest BCUT2D eigenvalue weighted by molar-refractivity contribution is 5.71. The molecule has 0 aromatic heterocycles. The van der Waals surface area contributed by atoms with Gasteiger partial charge in [-0.1, -0.05) is 194 Å². The summed E-state index contributed by atoms with van der Waals surface area (Å²) in [6.07, 6.45) is 39.0. The van der Waals surface area contributed by atoms with E-state index in [0.717, 1.165) is 30.6 Å². The van der Waals surface area contributed by atoms with Crippen molar-refractivity contribution in [3.8, 4) is 0 Å². The van der Waals surface area contributed by atoms with Crippen LogP contribution in [0.25, 0.3) is 0 Å². The molecule has 0 aliphatic heterocycles. The molecule has 0 fully saturated rings. The quantitative estimate of drug-likeness (QED) is 0.0406. The average Bonchev–Trinajstić information content (AvgIpc) is 3.04. The molecule has 0 spiro atoms. The monoisotopic (exact) mass is 688 g/mol. The van der Waals surface area contributed by atoms with E-state index in [1.807, 2.05) is 20.9 Å². The van der Waals surface area contributed by atoms with Crippen LogP contribution in [0.5, 0.6) is 0 Å². The van der Waals surface area contributed by atoms with Crippen molar-refractivity contribution in [2.24, 2.45) is 0 Å². The van der Waals surface area contributed by atoms with Gasteiger partial charge in [-0.3, -0.25) is 14.5 Å². The van der Waals surface area contributed by atoms with E-state index < -0.39 is 6.41 Å². The highest BCUT2D eigenvalue weighted by atomic mass is 35.5. The number of unbranched alkanes of at least 4 members (excludes halogenated alkanes) is 28. The summed E-state index contributed by atoms with van der Waals surface area (Å²) in [6, 6.07) is 0.183. The normalized spacial score (nSPS) is 12.0. The number of hydrogen-bond donors (Lipinski definition) is 1. The van der Waals surface area contributed by atoms with Crippen LogP contribution in [0.15, 0.2) is 0 Å². The van der Waals surface area contributed by atoms with E-state index in [1.54, 1.807) is 0 Å². The fourth-order valence-corrected chi connectivity index (χ4v) is 6.12. The number of rotatable bonds is 36. The molecule has 5 nitrogen and oxygen atoms in total. The maximum atomic E-state index is 12.6. The third-order valence-electron chi connectivity index (χ3n) is 9.73. The van der Waals surface area contributed by atoms with E-state index in [9.17, 15) is 9.59 Å². The average molecular weight is 689 g/mol. The van der Waals surface area contributed by atoms with E-state index in [1.165, 1.54) is 167 Å². The fourth-order valence-electron chi connectivity index (χ4n) is 6.12. The molecule has 6 heteroatoms. The topological polar surface area (TPSA) is 57.0 Å². The van der Waals surface area contributed by atoms with Crippen LogP contribution in [0.1, 0.15) is 233 Å². The van der Waals surface area contributed by atoms with E-state index in [-0.39, 0.29) is 30.4 Å². The van der Waals surface area contributed by atoms with Gasteiger partial charge in [-0.15, -0.1) is 0 Å². The molecule has 47 heavy (non-hydrogen) atoms. The van der Waals surface area contributed by atoms with Crippen LogP contribution in [-0.2, 0) is 19.1 Å². The Morgan fingerprint density at radius 1 is 0.426 bits per heavy atom. The van der Waals surface area contributed by atoms with Crippen LogP contribution in [0.4, 0.5) is 0 Å². The second-order valence-corrected chi connectivity index (χ2v) is 14.6. The molecule has 0 saturated heterocycles. The molecule has 0 bridgehead atoms. The highest BCUT2D eigenvalue weighted by Crippen LogP contribution is 2.15. The van der Waals surface area contributed by atoms with Crippen molar-refractivity contribution in [1.29, 1.82) is 0 Å². The Morgan fingerprint density at radius 2 is 0.638 bits per heavy atom. The van der Waals surface area contributed by atoms with Crippen LogP contribution in [0.3, 0.4) is 0 Å². The molecular formula is C41H82ClNO4. The first-order chi connectivity index (χ1) is 22.4. The zero-order valence-corrected chi connectivity index (χ0v) is 33.0. The maximum absolute atomic E-state index is 12.6. The SMILES string of the molecule is CCCCCCCCCCCCCCCCCC(=O)OC(OC(=O)CCCCCCCCCCCCCCCCC)[NH+](C)C(C)C.[Cl-]. The molecule has 0 aliphatic carbocycles. The van der Waals surface area contributed by atoms with E-state index in [0.29, 0.717) is 12.8 Å². The Morgan fingerprint density at radius 3 is 0.851 bits per heavy atom. The van der Waals surface area contributed by atoms with Gasteiger partial charge in [-0.2, -0.15) is 0 Å². The molecule has 0 heterocycles. The summed E-state index contributed by atoms with van der Waals surface area (Å²) >= 11 is 0. The predicted octanol–water partition coefficient (Wildman–Crippen LogP) is 8.81. The van der Waals surface area contributed by atoms with E-state index >= 15 is 0 Å². The van der Waals surface area contributed by atoms with Gasteiger partial charge in [0, 0.05) is 12.8 Å². The Balaban J connectivity index is 0. The second-order valence-electron chi connectivity index (χ2n) is 14.6. The number of quaternary nitrogens is 1. The number of carbonyl (C=O) groups excluding carboxylic acids is 2. The van der Waals surface area contributed by atoms with Crippen molar-refractivity contribution in [3.63, 3.8) is 0 Å². The van der Waals surface area contributed by atoms with E-state index in [2.05, 4.69) is 13.8 Å². The third-order valence-corrected chi connectivity index (χ3v) is 9.73. The predicted molar refractivity (Wildman–Crippen MR) is 197 cm³/mol. The Bertz CT molecular complexity index is 611. The smallest absolute Gasteiger partial charge is 0.397 e. The van der Waals surface area contributed by atoms with Gasteiger partial charge < -0.3 is 21.9 Å². The molecule has 1 atom stereocenters. The highest BCUT2D eigenvalue weighted by Gasteiger charge is 2.28. The molecule has 0 rings (SSSR count). The van der Waals surface area contributed by atoms with Gasteiger partial charge in [-0.05, 0) is 26.7 Å². The van der Waals surface area contributed by atoms with Crippen molar-refractivity contribution < 1.29 is 36.4 Å². The molecule has 0 amide bonds. The minimum atomic E-state index is -0.854. The molecule has 0 aromatic rings. The molecular weight excluding hydrogens is 606 g/mol. The van der Waals surface area contributed by atoms with Crippen LogP contribution in [0, 0.1) is 0 Å². The van der Waals surface area contributed by atoms with Gasteiger partial charge in [0.25, 0.3) is 0 Å². The standard InChI is InChI=1S/C41H81NO4.ClH/c1-6-8-10-12-14-16-18-20-22-24-26-28-30-32-34-36-39(43)45-41(42(5)38(3)4)46-40(44)37-35-33-31-29-27-25-23-21-19-17-15-13-11-9-7-2;/h38,41H,6-37H2,1-5H3;1H. The minimum Gasteiger partial charge on any atom is -1.00 e. The molecule has 1 unspecified atom stereocenters. The van der Waals surface area contributed by atoms with Gasteiger partial charge in [0.15, 0.2) is 0 Å². The van der Waals surface area contributed by atoms with Gasteiger partial charge in [0.1, 0.15) is 0 Å². The van der Waals surface area contributed by atoms with Crippen molar-refractivity contribution in [1.82, 2.24) is 0 Å². The van der Waals surface area contributed by atoms with Gasteiger partial charge in [0.2, 0.25) is 0 Å². The molecule has 0 saturated carbocycles. The zero-order chi connectivity index (χ0) is 33.9. The number of carbonyl (C=O) groups is 2. The first-order valence-electron chi connectivity index (χ1n) is 20.6. The lowest BCUT2D eigenvalue weighted by atomic mass is 10.0. The summed E-state index contributed by atoms with van der Waals surface area (Å²) in [5.41, 5.74) is 0. The van der Waals surface area contributed by atoms with Crippen LogP contribution >= 0.6 is 0 Å². The number of hydrogen-bond acceptors (Lipinski definition) is 4. The van der Waals surface area contributed by atoms with Gasteiger partial charge in [-0.25, -0.2) is 0 Å². The largest absolute Gasteiger partial charge is 1.00 e. The van der Waals surface area contributed by atoms with Gasteiger partial charge in [0.05, 0.1) is 13.1 Å². The Hall–Kier alpha value is -0.810. The lowest BCUT2D eigenvalue weighted by Gasteiger charge is -2.26. The molecule has 0 radical (unpaired) electrons. The van der Waals surface area contributed by atoms with Crippen molar-refractivity contribution in [2.75, 3.05) is 7.05 Å². The summed E-state index contributed by atoms with van der Waals surface area (Å²) in [6.45, 7) is 8.65. The number of halogens is 1. The summed E-state index contributed by atoms with van der Waals surface area (Å²) in [5, 5.41) is 0. The van der Waals surface area contributed by atoms with Crippen molar-refractivity contribution in [2.45, 2.75) is 246 Å². The Kier molecular flexibility index (Phi) is 39.1. The molecule has 1 N–H and O–H groups in total. The molecule has 0 aromatic carbocycles. The Labute approximate surface area is 300 Å². The second kappa shape index (κ2) is 38.0. The van der Waals surface area contributed by atoms with Crippen LogP contribution < -0.4 is 17.3 Å². The summed E-state index contributed by atoms with van der Waals surface area (Å²) in [7, 11) is 1.93. The van der Waals surface area contributed by atoms with Crippen LogP contribution in [0.2, 0.25) is 0 Å². The maximum Gasteiger partial charge on any atom is 0.397 e. The first kappa shape index (κ1) is 48.3. The van der Waals surface area contributed by atoms with Crippen LogP contribution in [-0.4, -0.2) is 31.4 Å². The summed E-state index contributed by atoms with van der Waals surface area (Å²) < 4.78 is 11.3. The van der Waals surface area contributed by atoms with Crippen molar-refractivity contribution >= 4 is 11.9 Å². The van der Waals surface area contributed by atoms with E-state index in [4.69, 9.17) is 9.47 Å². The fraction of sp³-hybridized carbons (Fsp3) is 0.951. The lowest BCUT2D eigenvalue weighted by Crippen LogP contribution is -3.16. The molecule has 282 valence electrons. The lowest BCUT2D eigenvalue weighted by molar-refractivity contribution is -0.969. The van der Waals surface area contributed by atoms with Gasteiger partial charge >= 0.3 is 18.4 Å². The summed E-state index contributed by atoms with van der Waals surface area (Å²) in [4.78, 5) is 26.1.